The van der Waals surface area contributed by atoms with E-state index < -0.39 is 23.6 Å². The van der Waals surface area contributed by atoms with Crippen molar-refractivity contribution in [2.24, 2.45) is 23.2 Å². The van der Waals surface area contributed by atoms with Gasteiger partial charge in [-0.15, -0.1) is 0 Å². The van der Waals surface area contributed by atoms with Crippen molar-refractivity contribution in [1.29, 1.82) is 0 Å². The van der Waals surface area contributed by atoms with Gasteiger partial charge in [0.1, 0.15) is 0 Å². The summed E-state index contributed by atoms with van der Waals surface area (Å²) in [6.45, 7) is 11.4. The number of nitrogens with zero attached hydrogens (tertiary/aromatic N) is 4. The Hall–Kier alpha value is -8.56. The lowest BCUT2D eigenvalue weighted by Crippen LogP contribution is -2.45. The zero-order valence-electron chi connectivity index (χ0n) is 53.8. The van der Waals surface area contributed by atoms with Crippen molar-refractivity contribution < 1.29 is 59.2 Å². The first kappa shape index (κ1) is 68.8. The van der Waals surface area contributed by atoms with Crippen LogP contribution in [0.1, 0.15) is 202 Å². The molecule has 0 bridgehead atoms. The fraction of sp³-hybridized carbons (Fsp3) is 0.452. The first-order valence-electron chi connectivity index (χ1n) is 33.0. The van der Waals surface area contributed by atoms with Crippen LogP contribution in [0.5, 0.6) is 0 Å². The molecule has 20 heteroatoms. The van der Waals surface area contributed by atoms with Gasteiger partial charge < -0.3 is 19.6 Å². The highest BCUT2D eigenvalue weighted by Crippen LogP contribution is 2.39. The molecule has 93 heavy (non-hydrogen) atoms. The average molecular weight is 1270 g/mol. The molecule has 5 aromatic carbocycles. The molecule has 4 aliphatic heterocycles. The minimum absolute atomic E-state index is 0.117. The van der Waals surface area contributed by atoms with Crippen molar-refractivity contribution in [3.8, 4) is 0 Å². The molecule has 8 amide bonds. The van der Waals surface area contributed by atoms with Crippen LogP contribution in [0.25, 0.3) is 0 Å². The quantitative estimate of drug-likeness (QED) is 0.0348. The van der Waals surface area contributed by atoms with E-state index in [2.05, 4.69) is 32.9 Å². The maximum atomic E-state index is 13.2. The molecule has 494 valence electrons. The molecule has 0 spiro atoms. The van der Waals surface area contributed by atoms with E-state index in [4.69, 9.17) is 20.8 Å². The van der Waals surface area contributed by atoms with E-state index in [1.54, 1.807) is 64.4 Å². The molecule has 2 atom stereocenters. The number of rotatable bonds is 11. The predicted octanol–water partition coefficient (Wildman–Crippen LogP) is 10.1. The monoisotopic (exact) mass is 1270 g/mol. The van der Waals surface area contributed by atoms with Gasteiger partial charge in [-0.3, -0.25) is 59.2 Å². The first-order valence-corrected chi connectivity index (χ1v) is 33.0. The minimum atomic E-state index is -0.518. The normalized spacial score (nSPS) is 18.1. The predicted molar refractivity (Wildman–Crippen MR) is 348 cm³/mol. The van der Waals surface area contributed by atoms with Gasteiger partial charge in [-0.05, 0) is 181 Å². The fourth-order valence-corrected chi connectivity index (χ4v) is 14.3. The molecule has 0 radical (unpaired) electrons. The lowest BCUT2D eigenvalue weighted by Gasteiger charge is -2.39. The second kappa shape index (κ2) is 32.3. The van der Waals surface area contributed by atoms with Crippen LogP contribution in [0.15, 0.2) is 115 Å². The molecule has 8 N–H and O–H groups in total. The molecule has 0 aromatic heterocycles. The Labute approximate surface area is 544 Å². The van der Waals surface area contributed by atoms with Crippen LogP contribution < -0.4 is 21.9 Å². The van der Waals surface area contributed by atoms with E-state index in [1.807, 2.05) is 80.3 Å². The summed E-state index contributed by atoms with van der Waals surface area (Å²) in [5.41, 5.74) is 17.9. The third-order valence-corrected chi connectivity index (χ3v) is 19.7. The molecule has 20 nitrogen and oxygen atoms in total. The van der Waals surface area contributed by atoms with Gasteiger partial charge in [0.15, 0.2) is 0 Å². The van der Waals surface area contributed by atoms with Gasteiger partial charge in [-0.1, -0.05) is 120 Å². The van der Waals surface area contributed by atoms with E-state index in [9.17, 15) is 38.4 Å². The largest absolute Gasteiger partial charge is 0.338 e. The molecular weight excluding hydrogens is 1180 g/mol. The van der Waals surface area contributed by atoms with Crippen LogP contribution in [0.4, 0.5) is 0 Å². The van der Waals surface area contributed by atoms with Gasteiger partial charge in [-0.2, -0.15) is 0 Å². The fourth-order valence-electron chi connectivity index (χ4n) is 14.3. The Morgan fingerprint density at radius 1 is 0.484 bits per heavy atom. The molecule has 2 unspecified atom stereocenters. The maximum Gasteiger partial charge on any atom is 0.274 e. The van der Waals surface area contributed by atoms with E-state index in [1.165, 1.54) is 32.1 Å². The molecule has 0 saturated heterocycles. The van der Waals surface area contributed by atoms with Gasteiger partial charge in [-0.25, -0.2) is 21.9 Å². The lowest BCUT2D eigenvalue weighted by molar-refractivity contribution is -0.144. The highest BCUT2D eigenvalue weighted by molar-refractivity contribution is 5.95. The second-order valence-corrected chi connectivity index (χ2v) is 26.3. The molecule has 12 rings (SSSR count). The number of fused-ring (bicyclic) bond motifs is 4. The van der Waals surface area contributed by atoms with Crippen molar-refractivity contribution in [3.05, 3.63) is 188 Å². The van der Waals surface area contributed by atoms with Crippen molar-refractivity contribution in [2.75, 3.05) is 26.2 Å². The number of carbonyl (C=O) groups excluding carboxylic acids is 8. The topological polar surface area (TPSA) is 279 Å². The summed E-state index contributed by atoms with van der Waals surface area (Å²) in [6.07, 6.45) is 21.1. The van der Waals surface area contributed by atoms with Crippen molar-refractivity contribution in [3.63, 3.8) is 0 Å². The Bertz CT molecular complexity index is 3540. The molecule has 4 heterocycles. The Balaban J connectivity index is 0.000000147. The first-order chi connectivity index (χ1) is 44.9. The smallest absolute Gasteiger partial charge is 0.274 e. The van der Waals surface area contributed by atoms with Crippen LogP contribution in [0.2, 0.25) is 0 Å². The third-order valence-electron chi connectivity index (χ3n) is 19.7. The summed E-state index contributed by atoms with van der Waals surface area (Å²) in [6, 6.07) is 31.4. The molecule has 2 fully saturated rings. The third kappa shape index (κ3) is 17.4. The maximum absolute atomic E-state index is 13.2. The highest BCUT2D eigenvalue weighted by atomic mass is 16.5. The zero-order chi connectivity index (χ0) is 66.2. The van der Waals surface area contributed by atoms with Gasteiger partial charge in [0.05, 0.1) is 5.92 Å². The van der Waals surface area contributed by atoms with E-state index in [0.717, 1.165) is 114 Å². The number of hydroxylamine groups is 4. The second-order valence-electron chi connectivity index (χ2n) is 26.3. The van der Waals surface area contributed by atoms with Crippen molar-refractivity contribution in [2.45, 2.75) is 162 Å². The molecule has 5 aromatic rings. The van der Waals surface area contributed by atoms with Gasteiger partial charge >= 0.3 is 0 Å². The Morgan fingerprint density at radius 2 is 0.903 bits per heavy atom. The number of allylic oxidation sites excluding steroid dienone is 2. The summed E-state index contributed by atoms with van der Waals surface area (Å²) in [4.78, 5) is 105. The van der Waals surface area contributed by atoms with Gasteiger partial charge in [0.25, 0.3) is 23.6 Å². The van der Waals surface area contributed by atoms with Gasteiger partial charge in [0, 0.05) is 92.4 Å². The Kier molecular flexibility index (Phi) is 23.9. The number of hydrogen-bond acceptors (Lipinski definition) is 12. The molecule has 2 saturated carbocycles. The number of nitrogens with one attached hydrogen (secondary N) is 4. The molecular formula is C73H90N8O12. The molecule has 7 aliphatic rings. The van der Waals surface area contributed by atoms with Crippen LogP contribution in [0.3, 0.4) is 0 Å². The summed E-state index contributed by atoms with van der Waals surface area (Å²) in [7, 11) is 0. The van der Waals surface area contributed by atoms with E-state index in [0.29, 0.717) is 93.4 Å². The van der Waals surface area contributed by atoms with E-state index >= 15 is 0 Å². The lowest BCUT2D eigenvalue weighted by atomic mass is 9.74. The van der Waals surface area contributed by atoms with Crippen molar-refractivity contribution >= 4 is 47.3 Å². The van der Waals surface area contributed by atoms with Crippen LogP contribution in [-0.2, 0) is 71.0 Å². The highest BCUT2D eigenvalue weighted by Gasteiger charge is 2.39. The van der Waals surface area contributed by atoms with Crippen molar-refractivity contribution in [1.82, 2.24) is 41.5 Å². The van der Waals surface area contributed by atoms with E-state index in [-0.39, 0.29) is 46.8 Å². The number of benzene rings is 5. The number of amides is 8. The van der Waals surface area contributed by atoms with Crippen LogP contribution in [0, 0.1) is 23.2 Å². The zero-order valence-corrected chi connectivity index (χ0v) is 53.8. The SMILES string of the molecule is CC(C)C(C(=O)N1CCc2cc(C(=O)NO)ccc2C1)c1ccccc1.CC1(C(=O)N2CCc3cc(C(=O)NO)ccc3C2)CCCCC1.O=C(NO)c1ccc2c(c1)CCN(C(=O)C1CC=CCC1)C2.O=C(NO)c1ccc2c(c1)CCN(C(=O)CC1CCCC1)C2. The summed E-state index contributed by atoms with van der Waals surface area (Å²) < 4.78 is 0. The molecule has 3 aliphatic carbocycles. The Morgan fingerprint density at radius 3 is 1.34 bits per heavy atom. The standard InChI is InChI=1S/C21H24N2O3.C18H24N2O3.C17H22N2O3.C17H20N2O3/c1-14(2)19(15-6-4-3-5-7-15)21(25)23-11-10-16-12-17(20(24)22-26)8-9-18(16)13-23;1-18(8-3-2-4-9-18)17(22)20-10-7-13-11-14(16(21)19-23)5-6-15(13)12-20;20-16(9-12-3-1-2-4-12)19-8-7-13-10-14(17(21)18-22)5-6-15(13)11-19;20-16(18-22)14-6-7-15-11-19(9-8-13(15)10-14)17(21)12-4-2-1-3-5-12/h3-9,12,14,19,26H,10-11,13H2,1-2H3,(H,22,24);5-6,11,23H,2-4,7-10,12H2,1H3,(H,19,21);5-6,10,12,22H,1-4,7-9,11H2,(H,18,21);1-2,6-7,10,12,22H,3-5,8-9,11H2,(H,18,20). The van der Waals surface area contributed by atoms with Crippen LogP contribution in [-0.4, -0.2) is 114 Å². The minimum Gasteiger partial charge on any atom is -0.338 e. The summed E-state index contributed by atoms with van der Waals surface area (Å²) >= 11 is 0. The number of carbonyl (C=O) groups is 8. The summed E-state index contributed by atoms with van der Waals surface area (Å²) in [5, 5.41) is 34.9. The summed E-state index contributed by atoms with van der Waals surface area (Å²) in [5.74, 6) is -0.347. The number of hydrogen-bond donors (Lipinski definition) is 8. The van der Waals surface area contributed by atoms with Gasteiger partial charge in [0.2, 0.25) is 23.6 Å². The van der Waals surface area contributed by atoms with Crippen LogP contribution >= 0.6 is 0 Å². The average Bonchev–Trinajstić information content (AvgIpc) is 1.15.